The van der Waals surface area contributed by atoms with Crippen molar-refractivity contribution in [3.8, 4) is 0 Å². The largest absolute Gasteiger partial charge is 0.460 e. The predicted molar refractivity (Wildman–Crippen MR) is 102 cm³/mol. The third-order valence-corrected chi connectivity index (χ3v) is 9.11. The van der Waals surface area contributed by atoms with Crippen molar-refractivity contribution in [3.63, 3.8) is 0 Å². The minimum atomic E-state index is -0.660. The summed E-state index contributed by atoms with van der Waals surface area (Å²) < 4.78 is 5.82. The molecule has 0 aromatic heterocycles. The van der Waals surface area contributed by atoms with E-state index in [0.717, 1.165) is 25.7 Å². The molecular formula is C22H36O5. The fourth-order valence-electron chi connectivity index (χ4n) is 6.90. The highest BCUT2D eigenvalue weighted by molar-refractivity contribution is 5.85. The zero-order valence-electron chi connectivity index (χ0n) is 17.5. The number of hydrogen-bond donors (Lipinski definition) is 2. The third-order valence-electron chi connectivity index (χ3n) is 9.11. The first kappa shape index (κ1) is 20.8. The van der Waals surface area contributed by atoms with Gasteiger partial charge in [-0.3, -0.25) is 4.79 Å². The quantitative estimate of drug-likeness (QED) is 0.735. The molecule has 2 unspecified atom stereocenters. The number of carbonyl (C=O) groups is 2. The smallest absolute Gasteiger partial charge is 0.332 e. The van der Waals surface area contributed by atoms with Crippen LogP contribution >= 0.6 is 0 Å². The predicted octanol–water partition coefficient (Wildman–Crippen LogP) is 3.11. The van der Waals surface area contributed by atoms with E-state index in [1.807, 2.05) is 0 Å². The minimum absolute atomic E-state index is 0.0280. The number of Topliss-reactive ketones (excluding diaryl/α,β-unsaturated/α-hetero) is 1. The maximum atomic E-state index is 13.1. The molecule has 0 aromatic rings. The highest BCUT2D eigenvalue weighted by atomic mass is 16.6. The standard InChI is InChI=1S/C22H36O5/c1-6-20(4)11-16(27-17(25)12-23)21(5)13(2)7-9-22(14(3)19(20)26)10-8-15(24)18(21)22/h13-14,16,18-19,23,26H,6-12H2,1-5H3/t13-,14+,16-,18+,19+,20-,21?,22?/m1/s1. The number of aliphatic hydroxyl groups excluding tert-OH is 2. The van der Waals surface area contributed by atoms with Gasteiger partial charge in [0.15, 0.2) is 0 Å². The van der Waals surface area contributed by atoms with Gasteiger partial charge in [0.05, 0.1) is 6.10 Å². The van der Waals surface area contributed by atoms with E-state index in [2.05, 4.69) is 34.6 Å². The Labute approximate surface area is 162 Å². The van der Waals surface area contributed by atoms with Crippen molar-refractivity contribution < 1.29 is 24.5 Å². The summed E-state index contributed by atoms with van der Waals surface area (Å²) in [5.41, 5.74) is -1.10. The first-order valence-electron chi connectivity index (χ1n) is 10.6. The Morgan fingerprint density at radius 2 is 1.93 bits per heavy atom. The molecule has 27 heavy (non-hydrogen) atoms. The third kappa shape index (κ3) is 2.79. The Balaban J connectivity index is 2.19. The van der Waals surface area contributed by atoms with Crippen molar-refractivity contribution in [3.05, 3.63) is 0 Å². The maximum Gasteiger partial charge on any atom is 0.332 e. The second-order valence-corrected chi connectivity index (χ2v) is 10.0. The van der Waals surface area contributed by atoms with E-state index in [1.54, 1.807) is 0 Å². The molecule has 0 heterocycles. The molecule has 0 aliphatic heterocycles. The molecule has 3 saturated carbocycles. The lowest BCUT2D eigenvalue weighted by molar-refractivity contribution is -0.213. The van der Waals surface area contributed by atoms with Crippen molar-refractivity contribution in [1.82, 2.24) is 0 Å². The number of carbonyl (C=O) groups excluding carboxylic acids is 2. The topological polar surface area (TPSA) is 83.8 Å². The monoisotopic (exact) mass is 380 g/mol. The number of esters is 1. The van der Waals surface area contributed by atoms with Gasteiger partial charge in [0.25, 0.3) is 0 Å². The van der Waals surface area contributed by atoms with Crippen LogP contribution in [0.1, 0.15) is 73.1 Å². The molecule has 2 bridgehead atoms. The molecule has 0 radical (unpaired) electrons. The summed E-state index contributed by atoms with van der Waals surface area (Å²) in [6, 6.07) is 0. The highest BCUT2D eigenvalue weighted by Gasteiger charge is 2.68. The summed E-state index contributed by atoms with van der Waals surface area (Å²) >= 11 is 0. The molecule has 154 valence electrons. The van der Waals surface area contributed by atoms with Crippen LogP contribution in [0, 0.1) is 34.0 Å². The number of hydrogen-bond acceptors (Lipinski definition) is 5. The second kappa shape index (κ2) is 6.84. The fourth-order valence-corrected chi connectivity index (χ4v) is 6.90. The fraction of sp³-hybridized carbons (Fsp3) is 0.909. The van der Waals surface area contributed by atoms with Crippen LogP contribution in [0.2, 0.25) is 0 Å². The van der Waals surface area contributed by atoms with Crippen molar-refractivity contribution in [2.45, 2.75) is 85.4 Å². The maximum absolute atomic E-state index is 13.1. The van der Waals surface area contributed by atoms with Gasteiger partial charge in [0.1, 0.15) is 18.5 Å². The van der Waals surface area contributed by atoms with Gasteiger partial charge in [0, 0.05) is 17.8 Å². The summed E-state index contributed by atoms with van der Waals surface area (Å²) in [6.45, 7) is 9.90. The molecule has 0 amide bonds. The lowest BCUT2D eigenvalue weighted by Crippen LogP contribution is -2.63. The molecule has 3 fully saturated rings. The van der Waals surface area contributed by atoms with Gasteiger partial charge in [-0.25, -0.2) is 4.79 Å². The number of ether oxygens (including phenoxy) is 1. The van der Waals surface area contributed by atoms with E-state index < -0.39 is 35.6 Å². The molecule has 3 rings (SSSR count). The summed E-state index contributed by atoms with van der Waals surface area (Å²) in [7, 11) is 0. The van der Waals surface area contributed by atoms with Gasteiger partial charge in [0.2, 0.25) is 0 Å². The van der Waals surface area contributed by atoms with Crippen LogP contribution in [0.4, 0.5) is 0 Å². The van der Waals surface area contributed by atoms with E-state index in [4.69, 9.17) is 4.74 Å². The van der Waals surface area contributed by atoms with Crippen LogP contribution in [-0.2, 0) is 14.3 Å². The highest BCUT2D eigenvalue weighted by Crippen LogP contribution is 2.68. The van der Waals surface area contributed by atoms with Crippen LogP contribution in [0.25, 0.3) is 0 Å². The van der Waals surface area contributed by atoms with Crippen molar-refractivity contribution in [2.24, 2.45) is 34.0 Å². The molecule has 5 heteroatoms. The number of ketones is 1. The lowest BCUT2D eigenvalue weighted by atomic mass is 9.43. The molecule has 5 nitrogen and oxygen atoms in total. The van der Waals surface area contributed by atoms with Crippen molar-refractivity contribution in [2.75, 3.05) is 6.61 Å². The molecule has 3 aliphatic rings. The Hall–Kier alpha value is -0.940. The zero-order valence-corrected chi connectivity index (χ0v) is 17.5. The van der Waals surface area contributed by atoms with Gasteiger partial charge in [-0.1, -0.05) is 34.6 Å². The Bertz CT molecular complexity index is 618. The van der Waals surface area contributed by atoms with Gasteiger partial charge >= 0.3 is 5.97 Å². The average molecular weight is 381 g/mol. The van der Waals surface area contributed by atoms with Gasteiger partial charge in [-0.15, -0.1) is 0 Å². The minimum Gasteiger partial charge on any atom is -0.460 e. The Kier molecular flexibility index (Phi) is 5.26. The molecule has 0 aromatic carbocycles. The number of rotatable bonds is 3. The summed E-state index contributed by atoms with van der Waals surface area (Å²) in [6.07, 6.45) is 3.53. The zero-order chi connectivity index (χ0) is 20.2. The van der Waals surface area contributed by atoms with Crippen LogP contribution in [0.3, 0.4) is 0 Å². The van der Waals surface area contributed by atoms with Gasteiger partial charge in [-0.2, -0.15) is 0 Å². The Morgan fingerprint density at radius 1 is 1.26 bits per heavy atom. The van der Waals surface area contributed by atoms with E-state index in [0.29, 0.717) is 12.8 Å². The Morgan fingerprint density at radius 3 is 2.52 bits per heavy atom. The van der Waals surface area contributed by atoms with Crippen LogP contribution in [0.5, 0.6) is 0 Å². The average Bonchev–Trinajstić information content (AvgIpc) is 3.00. The van der Waals surface area contributed by atoms with Gasteiger partial charge in [-0.05, 0) is 54.8 Å². The normalized spacial score (nSPS) is 49.9. The van der Waals surface area contributed by atoms with Gasteiger partial charge < -0.3 is 14.9 Å². The van der Waals surface area contributed by atoms with Crippen LogP contribution < -0.4 is 0 Å². The van der Waals surface area contributed by atoms with Crippen LogP contribution in [0.15, 0.2) is 0 Å². The van der Waals surface area contributed by atoms with E-state index >= 15 is 0 Å². The first-order chi connectivity index (χ1) is 12.6. The lowest BCUT2D eigenvalue weighted by Gasteiger charge is -2.62. The summed E-state index contributed by atoms with van der Waals surface area (Å²) in [5.74, 6) is -0.320. The second-order valence-electron chi connectivity index (χ2n) is 10.0. The van der Waals surface area contributed by atoms with E-state index in [1.165, 1.54) is 0 Å². The van der Waals surface area contributed by atoms with Crippen molar-refractivity contribution >= 4 is 11.8 Å². The molecule has 0 saturated heterocycles. The van der Waals surface area contributed by atoms with E-state index in [9.17, 15) is 19.8 Å². The molecule has 3 aliphatic carbocycles. The molecule has 8 atom stereocenters. The SMILES string of the molecule is CC[C@]1(C)C[C@@H](OC(=O)CO)C2(C)[C@H](C)CCC3(CCC(=O)[C@H]32)[C@@H](C)[C@@H]1O. The molecule has 0 spiro atoms. The summed E-state index contributed by atoms with van der Waals surface area (Å²) in [4.78, 5) is 25.2. The van der Waals surface area contributed by atoms with Crippen molar-refractivity contribution in [1.29, 1.82) is 0 Å². The van der Waals surface area contributed by atoms with Crippen LogP contribution in [-0.4, -0.2) is 40.8 Å². The molecule has 2 N–H and O–H groups in total. The van der Waals surface area contributed by atoms with E-state index in [-0.39, 0.29) is 29.0 Å². The summed E-state index contributed by atoms with van der Waals surface area (Å²) in [5, 5.41) is 20.7. The first-order valence-corrected chi connectivity index (χ1v) is 10.6. The molecular weight excluding hydrogens is 344 g/mol. The number of aliphatic hydroxyl groups is 2.